The number of nitrogens with two attached hydrogens (primary N) is 1. The van der Waals surface area contributed by atoms with E-state index in [1.807, 2.05) is 31.2 Å². The van der Waals surface area contributed by atoms with E-state index in [2.05, 4.69) is 15.6 Å². The predicted octanol–water partition coefficient (Wildman–Crippen LogP) is 1.00. The number of nitrogens with zero attached hydrogens (tertiary/aromatic N) is 1. The summed E-state index contributed by atoms with van der Waals surface area (Å²) in [5, 5.41) is 5.79. The molecule has 0 bridgehead atoms. The van der Waals surface area contributed by atoms with E-state index in [4.69, 9.17) is 5.73 Å². The number of benzene rings is 1. The van der Waals surface area contributed by atoms with Gasteiger partial charge in [0.05, 0.1) is 0 Å². The first kappa shape index (κ1) is 12.4. The van der Waals surface area contributed by atoms with Crippen LogP contribution in [0.3, 0.4) is 0 Å². The second-order valence-corrected chi connectivity index (χ2v) is 4.53. The summed E-state index contributed by atoms with van der Waals surface area (Å²) in [4.78, 5) is 15.4. The maximum absolute atomic E-state index is 11.4. The van der Waals surface area contributed by atoms with Crippen molar-refractivity contribution >= 4 is 17.6 Å². The highest BCUT2D eigenvalue weighted by atomic mass is 16.1. The fourth-order valence-corrected chi connectivity index (χ4v) is 1.48. The third-order valence-electron chi connectivity index (χ3n) is 2.66. The topological polar surface area (TPSA) is 79.5 Å². The predicted molar refractivity (Wildman–Crippen MR) is 72.5 cm³/mol. The molecule has 1 aromatic rings. The first-order valence-corrected chi connectivity index (χ1v) is 6.06. The highest BCUT2D eigenvalue weighted by Gasteiger charge is 2.22. The van der Waals surface area contributed by atoms with Gasteiger partial charge in [-0.3, -0.25) is 4.79 Å². The van der Waals surface area contributed by atoms with Crippen molar-refractivity contribution in [1.29, 1.82) is 0 Å². The summed E-state index contributed by atoms with van der Waals surface area (Å²) in [5.41, 5.74) is 7.74. The van der Waals surface area contributed by atoms with Crippen molar-refractivity contribution < 1.29 is 4.79 Å². The van der Waals surface area contributed by atoms with Crippen LogP contribution < -0.4 is 16.4 Å². The number of amides is 1. The SMILES string of the molecule is Cc1ccc(NC(N)=NCC(=O)NC2CC2)cc1. The van der Waals surface area contributed by atoms with Crippen molar-refractivity contribution in [3.05, 3.63) is 29.8 Å². The molecule has 1 saturated carbocycles. The Hall–Kier alpha value is -2.04. The van der Waals surface area contributed by atoms with Gasteiger partial charge in [-0.1, -0.05) is 17.7 Å². The van der Waals surface area contributed by atoms with Crippen LogP contribution in [0.1, 0.15) is 18.4 Å². The van der Waals surface area contributed by atoms with Crippen molar-refractivity contribution in [1.82, 2.24) is 5.32 Å². The molecule has 1 aromatic carbocycles. The number of hydrogen-bond donors (Lipinski definition) is 3. The molecule has 0 aliphatic heterocycles. The molecule has 0 aromatic heterocycles. The van der Waals surface area contributed by atoms with Gasteiger partial charge in [0, 0.05) is 11.7 Å². The Morgan fingerprint density at radius 3 is 2.67 bits per heavy atom. The van der Waals surface area contributed by atoms with Gasteiger partial charge in [-0.15, -0.1) is 0 Å². The quantitative estimate of drug-likeness (QED) is 0.547. The molecule has 5 heteroatoms. The minimum Gasteiger partial charge on any atom is -0.370 e. The second-order valence-electron chi connectivity index (χ2n) is 4.53. The third-order valence-corrected chi connectivity index (χ3v) is 2.66. The normalized spacial score (nSPS) is 15.3. The van der Waals surface area contributed by atoms with Crippen LogP contribution in [0.4, 0.5) is 5.69 Å². The zero-order chi connectivity index (χ0) is 13.0. The van der Waals surface area contributed by atoms with Gasteiger partial charge >= 0.3 is 0 Å². The lowest BCUT2D eigenvalue weighted by Gasteiger charge is -2.06. The van der Waals surface area contributed by atoms with Crippen LogP contribution in [0.5, 0.6) is 0 Å². The summed E-state index contributed by atoms with van der Waals surface area (Å²) in [6.07, 6.45) is 2.15. The summed E-state index contributed by atoms with van der Waals surface area (Å²) in [6, 6.07) is 8.16. The Morgan fingerprint density at radius 1 is 1.39 bits per heavy atom. The maximum Gasteiger partial charge on any atom is 0.242 e. The van der Waals surface area contributed by atoms with Crippen LogP contribution in [0.2, 0.25) is 0 Å². The summed E-state index contributed by atoms with van der Waals surface area (Å²) in [6.45, 7) is 2.09. The molecule has 18 heavy (non-hydrogen) atoms. The van der Waals surface area contributed by atoms with Gasteiger partial charge in [-0.2, -0.15) is 0 Å². The van der Waals surface area contributed by atoms with Gasteiger partial charge in [0.25, 0.3) is 0 Å². The van der Waals surface area contributed by atoms with E-state index in [-0.39, 0.29) is 18.4 Å². The monoisotopic (exact) mass is 246 g/mol. The molecule has 4 N–H and O–H groups in total. The molecule has 96 valence electrons. The van der Waals surface area contributed by atoms with E-state index in [0.29, 0.717) is 6.04 Å². The van der Waals surface area contributed by atoms with Crippen LogP contribution >= 0.6 is 0 Å². The van der Waals surface area contributed by atoms with E-state index in [9.17, 15) is 4.79 Å². The number of hydrogen-bond acceptors (Lipinski definition) is 2. The van der Waals surface area contributed by atoms with Gasteiger partial charge in [-0.05, 0) is 31.9 Å². The average molecular weight is 246 g/mol. The number of nitrogens with one attached hydrogen (secondary N) is 2. The molecule has 0 unspecified atom stereocenters. The number of carbonyl (C=O) groups is 1. The lowest BCUT2D eigenvalue weighted by molar-refractivity contribution is -0.119. The lowest BCUT2D eigenvalue weighted by Crippen LogP contribution is -2.30. The molecule has 1 fully saturated rings. The largest absolute Gasteiger partial charge is 0.370 e. The number of carbonyl (C=O) groups excluding carboxylic acids is 1. The standard InChI is InChI=1S/C13H18N4O/c1-9-2-4-11(5-3-9)17-13(14)15-8-12(18)16-10-6-7-10/h2-5,10H,6-8H2,1H3,(H,16,18)(H3,14,15,17). The Balaban J connectivity index is 1.80. The lowest BCUT2D eigenvalue weighted by atomic mass is 10.2. The minimum absolute atomic E-state index is 0.0706. The molecule has 1 aliphatic rings. The van der Waals surface area contributed by atoms with E-state index >= 15 is 0 Å². The minimum atomic E-state index is -0.0776. The van der Waals surface area contributed by atoms with Gasteiger partial charge in [-0.25, -0.2) is 4.99 Å². The number of aryl methyl sites for hydroxylation is 1. The first-order valence-electron chi connectivity index (χ1n) is 6.06. The van der Waals surface area contributed by atoms with Crippen molar-refractivity contribution in [2.75, 3.05) is 11.9 Å². The van der Waals surface area contributed by atoms with Crippen LogP contribution in [-0.2, 0) is 4.79 Å². The molecular formula is C13H18N4O. The van der Waals surface area contributed by atoms with Gasteiger partial charge in [0.2, 0.25) is 5.91 Å². The fraction of sp³-hybridized carbons (Fsp3) is 0.385. The van der Waals surface area contributed by atoms with Crippen LogP contribution in [0, 0.1) is 6.92 Å². The number of rotatable bonds is 4. The van der Waals surface area contributed by atoms with Crippen molar-refractivity contribution in [3.8, 4) is 0 Å². The Kier molecular flexibility index (Phi) is 3.82. The van der Waals surface area contributed by atoms with Crippen LogP contribution in [0.25, 0.3) is 0 Å². The molecule has 5 nitrogen and oxygen atoms in total. The number of guanidine groups is 1. The Morgan fingerprint density at radius 2 is 2.06 bits per heavy atom. The summed E-state index contributed by atoms with van der Waals surface area (Å²) in [5.74, 6) is 0.177. The van der Waals surface area contributed by atoms with Gasteiger partial charge in [0.1, 0.15) is 6.54 Å². The van der Waals surface area contributed by atoms with Crippen molar-refractivity contribution in [2.24, 2.45) is 10.7 Å². The molecule has 2 rings (SSSR count). The molecule has 0 saturated heterocycles. The van der Waals surface area contributed by atoms with Crippen LogP contribution in [-0.4, -0.2) is 24.5 Å². The van der Waals surface area contributed by atoms with E-state index in [0.717, 1.165) is 18.5 Å². The van der Waals surface area contributed by atoms with E-state index in [1.54, 1.807) is 0 Å². The van der Waals surface area contributed by atoms with Crippen molar-refractivity contribution in [2.45, 2.75) is 25.8 Å². The molecule has 0 atom stereocenters. The zero-order valence-corrected chi connectivity index (χ0v) is 10.4. The Bertz CT molecular complexity index is 449. The van der Waals surface area contributed by atoms with E-state index in [1.165, 1.54) is 5.56 Å². The molecule has 1 aliphatic carbocycles. The fourth-order valence-electron chi connectivity index (χ4n) is 1.48. The summed E-state index contributed by atoms with van der Waals surface area (Å²) < 4.78 is 0. The molecule has 0 spiro atoms. The van der Waals surface area contributed by atoms with Gasteiger partial charge in [0.15, 0.2) is 5.96 Å². The second kappa shape index (κ2) is 5.53. The average Bonchev–Trinajstić information content (AvgIpc) is 3.13. The maximum atomic E-state index is 11.4. The molecule has 0 heterocycles. The van der Waals surface area contributed by atoms with E-state index < -0.39 is 0 Å². The highest BCUT2D eigenvalue weighted by Crippen LogP contribution is 2.18. The first-order chi connectivity index (χ1) is 8.63. The highest BCUT2D eigenvalue weighted by molar-refractivity contribution is 5.93. The van der Waals surface area contributed by atoms with Crippen LogP contribution in [0.15, 0.2) is 29.3 Å². The third kappa shape index (κ3) is 4.08. The summed E-state index contributed by atoms with van der Waals surface area (Å²) >= 11 is 0. The Labute approximate surface area is 106 Å². The smallest absolute Gasteiger partial charge is 0.242 e. The van der Waals surface area contributed by atoms with Crippen molar-refractivity contribution in [3.63, 3.8) is 0 Å². The number of aliphatic imine (C=N–C) groups is 1. The number of anilines is 1. The molecule has 1 amide bonds. The summed E-state index contributed by atoms with van der Waals surface area (Å²) in [7, 11) is 0. The molecular weight excluding hydrogens is 228 g/mol. The van der Waals surface area contributed by atoms with Gasteiger partial charge < -0.3 is 16.4 Å². The molecule has 0 radical (unpaired) electrons. The zero-order valence-electron chi connectivity index (χ0n) is 10.4.